The van der Waals surface area contributed by atoms with E-state index in [2.05, 4.69) is 5.32 Å². The van der Waals surface area contributed by atoms with E-state index in [1.54, 1.807) is 13.8 Å². The second-order valence-corrected chi connectivity index (χ2v) is 4.34. The maximum Gasteiger partial charge on any atom is 0.306 e. The first-order chi connectivity index (χ1) is 8.93. The van der Waals surface area contributed by atoms with Crippen LogP contribution >= 0.6 is 0 Å². The summed E-state index contributed by atoms with van der Waals surface area (Å²) in [6.45, 7) is 3.60. The van der Waals surface area contributed by atoms with Gasteiger partial charge in [-0.05, 0) is 13.8 Å². The van der Waals surface area contributed by atoms with Crippen molar-refractivity contribution in [2.24, 2.45) is 0 Å². The number of ether oxygens (including phenoxy) is 1. The lowest BCUT2D eigenvalue weighted by Crippen LogP contribution is -2.57. The topological polar surface area (TPSA) is 92.8 Å². The molecule has 0 radical (unpaired) electrons. The van der Waals surface area contributed by atoms with Crippen LogP contribution in [-0.4, -0.2) is 54.2 Å². The van der Waals surface area contributed by atoms with Crippen LogP contribution in [0.2, 0.25) is 0 Å². The number of hydrogen-bond acceptors (Lipinski definition) is 6. The molecule has 0 spiro atoms. The summed E-state index contributed by atoms with van der Waals surface area (Å²) >= 11 is 0. The van der Waals surface area contributed by atoms with E-state index in [-0.39, 0.29) is 38.3 Å². The van der Waals surface area contributed by atoms with Crippen LogP contribution in [0.15, 0.2) is 0 Å². The van der Waals surface area contributed by atoms with Crippen molar-refractivity contribution in [2.45, 2.75) is 32.7 Å². The van der Waals surface area contributed by atoms with Crippen LogP contribution in [0, 0.1) is 0 Å². The second kappa shape index (κ2) is 6.98. The van der Waals surface area contributed by atoms with Crippen molar-refractivity contribution in [3.05, 3.63) is 0 Å². The number of ketones is 1. The van der Waals surface area contributed by atoms with Gasteiger partial charge in [0.15, 0.2) is 0 Å². The summed E-state index contributed by atoms with van der Waals surface area (Å²) in [6, 6.07) is -0.524. The second-order valence-electron chi connectivity index (χ2n) is 4.34. The van der Waals surface area contributed by atoms with Crippen molar-refractivity contribution in [2.75, 3.05) is 19.7 Å². The number of piperazine rings is 1. The van der Waals surface area contributed by atoms with Crippen LogP contribution in [0.1, 0.15) is 26.7 Å². The molecule has 1 saturated heterocycles. The van der Waals surface area contributed by atoms with Crippen LogP contribution in [0.4, 0.5) is 0 Å². The average Bonchev–Trinajstić information content (AvgIpc) is 2.33. The molecule has 0 aromatic heterocycles. The Hall–Kier alpha value is -1.76. The van der Waals surface area contributed by atoms with E-state index in [0.717, 1.165) is 0 Å². The quantitative estimate of drug-likeness (QED) is 0.504. The highest BCUT2D eigenvalue weighted by molar-refractivity contribution is 6.01. The summed E-state index contributed by atoms with van der Waals surface area (Å²) in [5.41, 5.74) is 0. The summed E-state index contributed by atoms with van der Waals surface area (Å²) in [6.07, 6.45) is 0.0763. The molecule has 7 heteroatoms. The number of nitrogens with one attached hydrogen (secondary N) is 1. The number of nitrogens with zero attached hydrogens (tertiary/aromatic N) is 1. The summed E-state index contributed by atoms with van der Waals surface area (Å²) in [5, 5.41) is 2.19. The van der Waals surface area contributed by atoms with Crippen molar-refractivity contribution in [1.82, 2.24) is 10.2 Å². The lowest BCUT2D eigenvalue weighted by Gasteiger charge is -2.30. The third kappa shape index (κ3) is 4.78. The van der Waals surface area contributed by atoms with Gasteiger partial charge >= 0.3 is 5.97 Å². The van der Waals surface area contributed by atoms with Gasteiger partial charge in [-0.3, -0.25) is 29.4 Å². The first-order valence-electron chi connectivity index (χ1n) is 6.19. The Bertz CT molecular complexity index is 394. The van der Waals surface area contributed by atoms with Gasteiger partial charge in [-0.1, -0.05) is 0 Å². The fraction of sp³-hybridized carbons (Fsp3) is 0.667. The average molecular weight is 270 g/mol. The zero-order chi connectivity index (χ0) is 14.4. The van der Waals surface area contributed by atoms with Gasteiger partial charge in [-0.2, -0.15) is 0 Å². The van der Waals surface area contributed by atoms with Crippen molar-refractivity contribution >= 4 is 23.6 Å². The predicted molar refractivity (Wildman–Crippen MR) is 65.1 cm³/mol. The van der Waals surface area contributed by atoms with E-state index in [1.165, 1.54) is 4.90 Å². The molecule has 1 aliphatic rings. The highest BCUT2D eigenvalue weighted by Gasteiger charge is 2.31. The molecular weight excluding hydrogens is 252 g/mol. The molecule has 0 bridgehead atoms. The summed E-state index contributed by atoms with van der Waals surface area (Å²) in [7, 11) is 0. The molecule has 2 amide bonds. The zero-order valence-electron chi connectivity index (χ0n) is 11.1. The molecule has 19 heavy (non-hydrogen) atoms. The maximum absolute atomic E-state index is 11.7. The Morgan fingerprint density at radius 3 is 2.68 bits per heavy atom. The summed E-state index contributed by atoms with van der Waals surface area (Å²) in [5.74, 6) is -1.44. The van der Waals surface area contributed by atoms with Crippen molar-refractivity contribution in [3.63, 3.8) is 0 Å². The smallest absolute Gasteiger partial charge is 0.306 e. The third-order valence-corrected chi connectivity index (χ3v) is 2.83. The molecule has 1 N–H and O–H groups in total. The fourth-order valence-electron chi connectivity index (χ4n) is 1.74. The Kier molecular flexibility index (Phi) is 5.62. The fourth-order valence-corrected chi connectivity index (χ4v) is 1.74. The number of carbonyl (C=O) groups excluding carboxylic acids is 4. The van der Waals surface area contributed by atoms with Crippen LogP contribution in [0.3, 0.4) is 0 Å². The minimum Gasteiger partial charge on any atom is -0.466 e. The highest BCUT2D eigenvalue weighted by atomic mass is 16.5. The minimum atomic E-state index is -0.524. The molecular formula is C12H18N2O5. The largest absolute Gasteiger partial charge is 0.466 e. The molecule has 1 heterocycles. The van der Waals surface area contributed by atoms with E-state index in [1.807, 2.05) is 0 Å². The Morgan fingerprint density at radius 2 is 2.05 bits per heavy atom. The van der Waals surface area contributed by atoms with Crippen LogP contribution < -0.4 is 5.32 Å². The first kappa shape index (κ1) is 15.3. The number of hydrogen-bond donors (Lipinski definition) is 1. The molecule has 1 unspecified atom stereocenters. The molecule has 1 aliphatic heterocycles. The van der Waals surface area contributed by atoms with Gasteiger partial charge in [0.25, 0.3) is 0 Å². The molecule has 0 aromatic rings. The number of esters is 1. The van der Waals surface area contributed by atoms with E-state index in [4.69, 9.17) is 4.74 Å². The molecule has 1 atom stereocenters. The van der Waals surface area contributed by atoms with Crippen LogP contribution in [-0.2, 0) is 23.9 Å². The monoisotopic (exact) mass is 270 g/mol. The van der Waals surface area contributed by atoms with Crippen molar-refractivity contribution < 1.29 is 23.9 Å². The molecule has 1 rings (SSSR count). The third-order valence-electron chi connectivity index (χ3n) is 2.83. The number of rotatable bonds is 6. The Labute approximate surface area is 111 Å². The van der Waals surface area contributed by atoms with E-state index in [9.17, 15) is 19.2 Å². The predicted octanol–water partition coefficient (Wildman–Crippen LogP) is -0.754. The Morgan fingerprint density at radius 1 is 1.37 bits per heavy atom. The molecule has 0 saturated carbocycles. The van der Waals surface area contributed by atoms with E-state index >= 15 is 0 Å². The summed E-state index contributed by atoms with van der Waals surface area (Å²) in [4.78, 5) is 46.9. The van der Waals surface area contributed by atoms with Crippen molar-refractivity contribution in [1.29, 1.82) is 0 Å². The van der Waals surface area contributed by atoms with Gasteiger partial charge < -0.3 is 4.74 Å². The van der Waals surface area contributed by atoms with Gasteiger partial charge in [0.05, 0.1) is 32.2 Å². The number of imide groups is 1. The first-order valence-corrected chi connectivity index (χ1v) is 6.19. The normalized spacial score (nSPS) is 20.0. The standard InChI is InChI=1S/C12H18N2O5/c1-3-19-11(17)5-4-9(15)6-14-7-10(16)13-12(18)8(14)2/h8H,3-7H2,1-2H3,(H,13,16,18). The number of Topliss-reactive ketones (excluding diaryl/α,β-unsaturated/α-hetero) is 1. The lowest BCUT2D eigenvalue weighted by molar-refractivity contribution is -0.145. The van der Waals surface area contributed by atoms with Gasteiger partial charge in [0.1, 0.15) is 5.78 Å². The van der Waals surface area contributed by atoms with Gasteiger partial charge in [0, 0.05) is 6.42 Å². The van der Waals surface area contributed by atoms with Gasteiger partial charge in [0.2, 0.25) is 11.8 Å². The van der Waals surface area contributed by atoms with E-state index < -0.39 is 23.8 Å². The molecule has 0 aromatic carbocycles. The molecule has 1 fully saturated rings. The number of amides is 2. The van der Waals surface area contributed by atoms with Gasteiger partial charge in [-0.15, -0.1) is 0 Å². The van der Waals surface area contributed by atoms with Crippen molar-refractivity contribution in [3.8, 4) is 0 Å². The molecule has 106 valence electrons. The summed E-state index contributed by atoms with van der Waals surface area (Å²) < 4.78 is 4.71. The molecule has 7 nitrogen and oxygen atoms in total. The number of carbonyl (C=O) groups is 4. The molecule has 0 aliphatic carbocycles. The minimum absolute atomic E-state index is 0.0120. The Balaban J connectivity index is 2.41. The van der Waals surface area contributed by atoms with Crippen LogP contribution in [0.5, 0.6) is 0 Å². The van der Waals surface area contributed by atoms with E-state index in [0.29, 0.717) is 0 Å². The maximum atomic E-state index is 11.7. The highest BCUT2D eigenvalue weighted by Crippen LogP contribution is 2.06. The van der Waals surface area contributed by atoms with Gasteiger partial charge in [-0.25, -0.2) is 0 Å². The lowest BCUT2D eigenvalue weighted by atomic mass is 10.1. The SMILES string of the molecule is CCOC(=O)CCC(=O)CN1CC(=O)NC(=O)C1C. The van der Waals surface area contributed by atoms with Crippen LogP contribution in [0.25, 0.3) is 0 Å². The zero-order valence-corrected chi connectivity index (χ0v) is 11.1.